The van der Waals surface area contributed by atoms with Crippen molar-refractivity contribution in [1.82, 2.24) is 0 Å². The van der Waals surface area contributed by atoms with Gasteiger partial charge in [0, 0.05) is 5.56 Å². The second kappa shape index (κ2) is 5.75. The van der Waals surface area contributed by atoms with E-state index in [1.54, 1.807) is 13.8 Å². The number of hydrogen-bond donors (Lipinski definition) is 1. The fraction of sp³-hybridized carbons (Fsp3) is 0.417. The Balaban J connectivity index is 3.26. The molecule has 0 heterocycles. The first-order valence-electron chi connectivity index (χ1n) is 5.53. The summed E-state index contributed by atoms with van der Waals surface area (Å²) < 4.78 is 44.7. The number of ether oxygens (including phenoxy) is 1. The predicted octanol–water partition coefficient (Wildman–Crippen LogP) is 2.74. The summed E-state index contributed by atoms with van der Waals surface area (Å²) in [7, 11) is 0. The summed E-state index contributed by atoms with van der Waals surface area (Å²) in [5.41, 5.74) is 3.90. The first kappa shape index (κ1) is 14.3. The lowest BCUT2D eigenvalue weighted by molar-refractivity contribution is -0.145. The first-order chi connectivity index (χ1) is 8.43. The topological polar surface area (TPSA) is 52.3 Å². The van der Waals surface area contributed by atoms with Crippen molar-refractivity contribution in [2.45, 2.75) is 26.2 Å². The minimum atomic E-state index is -1.45. The highest BCUT2D eigenvalue weighted by Gasteiger charge is 2.27. The average molecular weight is 261 g/mol. The number of anilines is 1. The van der Waals surface area contributed by atoms with Crippen LogP contribution in [0, 0.1) is 17.5 Å². The van der Waals surface area contributed by atoms with Gasteiger partial charge in [-0.1, -0.05) is 6.92 Å². The smallest absolute Gasteiger partial charge is 0.313 e. The molecule has 0 radical (unpaired) electrons. The Morgan fingerprint density at radius 3 is 2.44 bits per heavy atom. The highest BCUT2D eigenvalue weighted by Crippen LogP contribution is 2.30. The van der Waals surface area contributed by atoms with Crippen molar-refractivity contribution in [2.24, 2.45) is 0 Å². The maximum Gasteiger partial charge on any atom is 0.313 e. The minimum absolute atomic E-state index is 0.121. The van der Waals surface area contributed by atoms with Crippen LogP contribution in [-0.4, -0.2) is 12.6 Å². The van der Waals surface area contributed by atoms with Gasteiger partial charge in [0.15, 0.2) is 17.5 Å². The molecule has 0 spiro atoms. The number of rotatable bonds is 4. The van der Waals surface area contributed by atoms with Gasteiger partial charge in [0.05, 0.1) is 12.5 Å². The molecule has 1 rings (SSSR count). The monoisotopic (exact) mass is 261 g/mol. The molecular weight excluding hydrogens is 247 g/mol. The normalized spacial score (nSPS) is 12.3. The van der Waals surface area contributed by atoms with E-state index < -0.39 is 35.0 Å². The molecular formula is C12H14F3NO2. The van der Waals surface area contributed by atoms with Crippen LogP contribution in [0.25, 0.3) is 0 Å². The quantitative estimate of drug-likeness (QED) is 0.515. The lowest BCUT2D eigenvalue weighted by atomic mass is 9.95. The number of nitrogens with two attached hydrogens (primary N) is 1. The van der Waals surface area contributed by atoms with Crippen molar-refractivity contribution in [3.05, 3.63) is 29.1 Å². The van der Waals surface area contributed by atoms with Crippen molar-refractivity contribution in [2.75, 3.05) is 12.3 Å². The molecule has 1 atom stereocenters. The fourth-order valence-corrected chi connectivity index (χ4v) is 1.65. The molecule has 0 bridgehead atoms. The molecule has 2 N–H and O–H groups in total. The number of carbonyl (C=O) groups is 1. The Morgan fingerprint density at radius 1 is 1.33 bits per heavy atom. The lowest BCUT2D eigenvalue weighted by Crippen LogP contribution is -2.18. The van der Waals surface area contributed by atoms with Gasteiger partial charge in [0.2, 0.25) is 0 Å². The van der Waals surface area contributed by atoms with E-state index in [0.717, 1.165) is 0 Å². The number of hydrogen-bond acceptors (Lipinski definition) is 3. The molecule has 0 aliphatic rings. The molecule has 3 nitrogen and oxygen atoms in total. The molecule has 100 valence electrons. The second-order valence-electron chi connectivity index (χ2n) is 3.70. The number of benzene rings is 1. The van der Waals surface area contributed by atoms with Crippen molar-refractivity contribution >= 4 is 11.7 Å². The Hall–Kier alpha value is -1.72. The van der Waals surface area contributed by atoms with Crippen LogP contribution >= 0.6 is 0 Å². The van der Waals surface area contributed by atoms with Gasteiger partial charge in [-0.25, -0.2) is 13.2 Å². The molecule has 0 fully saturated rings. The lowest BCUT2D eigenvalue weighted by Gasteiger charge is -2.16. The van der Waals surface area contributed by atoms with E-state index in [4.69, 9.17) is 10.5 Å². The molecule has 1 unspecified atom stereocenters. The largest absolute Gasteiger partial charge is 0.466 e. The molecule has 1 aromatic rings. The van der Waals surface area contributed by atoms with E-state index in [-0.39, 0.29) is 18.6 Å². The average Bonchev–Trinajstić information content (AvgIpc) is 2.34. The number of carbonyl (C=O) groups excluding carboxylic acids is 1. The number of esters is 1. The van der Waals surface area contributed by atoms with E-state index in [1.807, 2.05) is 0 Å². The first-order valence-corrected chi connectivity index (χ1v) is 5.53. The van der Waals surface area contributed by atoms with E-state index in [0.29, 0.717) is 6.07 Å². The van der Waals surface area contributed by atoms with Crippen LogP contribution < -0.4 is 5.73 Å². The van der Waals surface area contributed by atoms with Crippen LogP contribution in [0.1, 0.15) is 31.7 Å². The molecule has 0 aliphatic heterocycles. The zero-order valence-corrected chi connectivity index (χ0v) is 10.1. The van der Waals surface area contributed by atoms with Crippen LogP contribution in [0.4, 0.5) is 18.9 Å². The van der Waals surface area contributed by atoms with Crippen LogP contribution in [0.15, 0.2) is 6.07 Å². The summed E-state index contributed by atoms with van der Waals surface area (Å²) in [6, 6.07) is 0.645. The fourth-order valence-electron chi connectivity index (χ4n) is 1.65. The summed E-state index contributed by atoms with van der Waals surface area (Å²) in [5, 5.41) is 0. The van der Waals surface area contributed by atoms with E-state index in [2.05, 4.69) is 0 Å². The van der Waals surface area contributed by atoms with Gasteiger partial charge in [-0.2, -0.15) is 0 Å². The Kier molecular flexibility index (Phi) is 4.58. The van der Waals surface area contributed by atoms with E-state index >= 15 is 0 Å². The van der Waals surface area contributed by atoms with Crippen LogP contribution in [0.2, 0.25) is 0 Å². The maximum absolute atomic E-state index is 13.7. The zero-order valence-electron chi connectivity index (χ0n) is 10.1. The molecule has 0 aliphatic carbocycles. The van der Waals surface area contributed by atoms with Gasteiger partial charge in [-0.05, 0) is 19.4 Å². The SMILES string of the molecule is CCOC(=O)C(CC)c1cc(F)c(F)c(N)c1F. The highest BCUT2D eigenvalue weighted by molar-refractivity contribution is 5.78. The summed E-state index contributed by atoms with van der Waals surface area (Å²) in [6.07, 6.45) is 0.195. The molecule has 0 aromatic heterocycles. The molecule has 0 saturated carbocycles. The van der Waals surface area contributed by atoms with Crippen molar-refractivity contribution in [1.29, 1.82) is 0 Å². The van der Waals surface area contributed by atoms with Crippen LogP contribution in [0.5, 0.6) is 0 Å². The predicted molar refractivity (Wildman–Crippen MR) is 60.4 cm³/mol. The third-order valence-electron chi connectivity index (χ3n) is 2.57. The summed E-state index contributed by atoms with van der Waals surface area (Å²) in [5.74, 6) is -5.54. The van der Waals surface area contributed by atoms with E-state index in [9.17, 15) is 18.0 Å². The zero-order chi connectivity index (χ0) is 13.9. The molecule has 0 amide bonds. The standard InChI is InChI=1S/C12H14F3NO2/c1-3-6(12(17)18-4-2)7-5-8(13)10(15)11(16)9(7)14/h5-6H,3-4,16H2,1-2H3. The maximum atomic E-state index is 13.7. The number of nitrogen functional groups attached to an aromatic ring is 1. The summed E-state index contributed by atoms with van der Waals surface area (Å²) in [6.45, 7) is 3.33. The van der Waals surface area contributed by atoms with Crippen molar-refractivity contribution in [3.8, 4) is 0 Å². The third-order valence-corrected chi connectivity index (χ3v) is 2.57. The van der Waals surface area contributed by atoms with Crippen molar-refractivity contribution < 1.29 is 22.7 Å². The Bertz CT molecular complexity index is 463. The molecule has 6 heteroatoms. The second-order valence-corrected chi connectivity index (χ2v) is 3.70. The third kappa shape index (κ3) is 2.57. The van der Waals surface area contributed by atoms with Crippen molar-refractivity contribution in [3.63, 3.8) is 0 Å². The Labute approximate surface area is 103 Å². The Morgan fingerprint density at radius 2 is 1.94 bits per heavy atom. The minimum Gasteiger partial charge on any atom is -0.466 e. The van der Waals surface area contributed by atoms with Gasteiger partial charge in [0.1, 0.15) is 5.69 Å². The summed E-state index contributed by atoms with van der Waals surface area (Å²) >= 11 is 0. The van der Waals surface area contributed by atoms with Gasteiger partial charge in [-0.3, -0.25) is 4.79 Å². The van der Waals surface area contributed by atoms with Crippen LogP contribution in [-0.2, 0) is 9.53 Å². The molecule has 0 saturated heterocycles. The number of halogens is 3. The van der Waals surface area contributed by atoms with Gasteiger partial charge in [0.25, 0.3) is 0 Å². The van der Waals surface area contributed by atoms with E-state index in [1.165, 1.54) is 0 Å². The van der Waals surface area contributed by atoms with Gasteiger partial charge in [-0.15, -0.1) is 0 Å². The molecule has 18 heavy (non-hydrogen) atoms. The molecule has 1 aromatic carbocycles. The van der Waals surface area contributed by atoms with Gasteiger partial charge < -0.3 is 10.5 Å². The highest BCUT2D eigenvalue weighted by atomic mass is 19.2. The van der Waals surface area contributed by atoms with Crippen LogP contribution in [0.3, 0.4) is 0 Å². The summed E-state index contributed by atoms with van der Waals surface area (Å²) in [4.78, 5) is 11.6. The van der Waals surface area contributed by atoms with Gasteiger partial charge >= 0.3 is 5.97 Å².